The zero-order valence-electron chi connectivity index (χ0n) is 31.6. The summed E-state index contributed by atoms with van der Waals surface area (Å²) in [6, 6.07) is 77.8. The maximum Gasteiger partial charge on any atom is 0.227 e. The highest BCUT2D eigenvalue weighted by Crippen LogP contribution is 2.41. The predicted octanol–water partition coefficient (Wildman–Crippen LogP) is 15.4. The van der Waals surface area contributed by atoms with Crippen molar-refractivity contribution in [2.45, 2.75) is 0 Å². The Labute approximate surface area is 336 Å². The van der Waals surface area contributed by atoms with Gasteiger partial charge in [-0.05, 0) is 115 Å². The van der Waals surface area contributed by atoms with Gasteiger partial charge in [-0.1, -0.05) is 164 Å². The van der Waals surface area contributed by atoms with Gasteiger partial charge in [-0.3, -0.25) is 0 Å². The standard InChI is InChI=1S/C55H36N2O/c1-2-12-37(13-3-1)42-18-8-20-46(35-42)57(47-21-9-19-43(36-47)50-23-10-17-39-15-6-7-22-48(39)50)45-30-28-40(29-31-45)49-24-11-25-52-51(49)32-33-53-54(52)58-55(56-53)44-27-26-38-14-4-5-16-41(38)34-44/h1-36H. The molecule has 0 N–H and O–H groups in total. The summed E-state index contributed by atoms with van der Waals surface area (Å²) < 4.78 is 6.54. The average molecular weight is 741 g/mol. The third-order valence-electron chi connectivity index (χ3n) is 11.3. The molecule has 0 aliphatic rings. The molecule has 58 heavy (non-hydrogen) atoms. The zero-order valence-corrected chi connectivity index (χ0v) is 31.6. The molecule has 3 heteroatoms. The van der Waals surface area contributed by atoms with Crippen molar-refractivity contribution in [2.24, 2.45) is 0 Å². The normalized spacial score (nSPS) is 11.4. The second kappa shape index (κ2) is 14.1. The van der Waals surface area contributed by atoms with E-state index in [0.717, 1.165) is 61.0 Å². The van der Waals surface area contributed by atoms with Gasteiger partial charge in [0.05, 0.1) is 0 Å². The Bertz CT molecular complexity index is 3290. The maximum atomic E-state index is 6.54. The van der Waals surface area contributed by atoms with E-state index in [4.69, 9.17) is 9.40 Å². The fraction of sp³-hybridized carbons (Fsp3) is 0. The molecule has 10 aromatic carbocycles. The summed E-state index contributed by atoms with van der Waals surface area (Å²) in [6.45, 7) is 0. The second-order valence-electron chi connectivity index (χ2n) is 14.8. The van der Waals surface area contributed by atoms with E-state index in [-0.39, 0.29) is 0 Å². The number of hydrogen-bond acceptors (Lipinski definition) is 3. The molecule has 1 heterocycles. The van der Waals surface area contributed by atoms with Crippen LogP contribution in [0.15, 0.2) is 223 Å². The number of aromatic nitrogens is 1. The summed E-state index contributed by atoms with van der Waals surface area (Å²) in [5.74, 6) is 0.629. The van der Waals surface area contributed by atoms with E-state index in [9.17, 15) is 0 Å². The Hall–Kier alpha value is -7.75. The van der Waals surface area contributed by atoms with Crippen LogP contribution in [0.2, 0.25) is 0 Å². The molecule has 0 bridgehead atoms. The predicted molar refractivity (Wildman–Crippen MR) is 243 cm³/mol. The first-order valence-corrected chi connectivity index (χ1v) is 19.7. The molecule has 0 radical (unpaired) electrons. The van der Waals surface area contributed by atoms with Crippen molar-refractivity contribution in [3.05, 3.63) is 218 Å². The molecule has 0 aliphatic carbocycles. The summed E-state index contributed by atoms with van der Waals surface area (Å²) >= 11 is 0. The van der Waals surface area contributed by atoms with E-state index in [2.05, 4.69) is 223 Å². The van der Waals surface area contributed by atoms with Crippen LogP contribution in [0.5, 0.6) is 0 Å². The molecule has 0 saturated carbocycles. The fourth-order valence-corrected chi connectivity index (χ4v) is 8.42. The maximum absolute atomic E-state index is 6.54. The third kappa shape index (κ3) is 5.98. The summed E-state index contributed by atoms with van der Waals surface area (Å²) in [6.07, 6.45) is 0. The van der Waals surface area contributed by atoms with Gasteiger partial charge in [-0.15, -0.1) is 0 Å². The highest BCUT2D eigenvalue weighted by atomic mass is 16.3. The Morgan fingerprint density at radius 3 is 1.76 bits per heavy atom. The molecule has 272 valence electrons. The monoisotopic (exact) mass is 740 g/mol. The largest absolute Gasteiger partial charge is 0.435 e. The molecule has 0 fully saturated rings. The van der Waals surface area contributed by atoms with Crippen molar-refractivity contribution in [1.82, 2.24) is 4.98 Å². The first-order chi connectivity index (χ1) is 28.7. The van der Waals surface area contributed by atoms with Crippen LogP contribution in [0.3, 0.4) is 0 Å². The minimum atomic E-state index is 0.629. The molecule has 11 rings (SSSR count). The SMILES string of the molecule is c1ccc(-c2cccc(N(c3ccc(-c4cccc5c4ccc4nc(-c6ccc7ccccc7c6)oc45)cc3)c3cccc(-c4cccc5ccccc45)c3)c2)cc1. The number of nitrogens with zero attached hydrogens (tertiary/aromatic N) is 2. The Morgan fingerprint density at radius 1 is 0.328 bits per heavy atom. The molecule has 0 atom stereocenters. The third-order valence-corrected chi connectivity index (χ3v) is 11.3. The van der Waals surface area contributed by atoms with Gasteiger partial charge in [0.1, 0.15) is 5.52 Å². The second-order valence-corrected chi connectivity index (χ2v) is 14.8. The quantitative estimate of drug-likeness (QED) is 0.163. The summed E-state index contributed by atoms with van der Waals surface area (Å²) in [5.41, 5.74) is 12.9. The van der Waals surface area contributed by atoms with Gasteiger partial charge >= 0.3 is 0 Å². The fourth-order valence-electron chi connectivity index (χ4n) is 8.42. The van der Waals surface area contributed by atoms with Crippen LogP contribution in [-0.2, 0) is 0 Å². The van der Waals surface area contributed by atoms with E-state index in [1.807, 2.05) is 0 Å². The van der Waals surface area contributed by atoms with E-state index in [0.29, 0.717) is 5.89 Å². The minimum absolute atomic E-state index is 0.629. The minimum Gasteiger partial charge on any atom is -0.435 e. The van der Waals surface area contributed by atoms with Crippen molar-refractivity contribution in [3.8, 4) is 44.8 Å². The highest BCUT2D eigenvalue weighted by molar-refractivity contribution is 6.09. The van der Waals surface area contributed by atoms with Gasteiger partial charge in [0.25, 0.3) is 0 Å². The van der Waals surface area contributed by atoms with Crippen molar-refractivity contribution < 1.29 is 4.42 Å². The van der Waals surface area contributed by atoms with Crippen LogP contribution in [0, 0.1) is 0 Å². The highest BCUT2D eigenvalue weighted by Gasteiger charge is 2.18. The van der Waals surface area contributed by atoms with Crippen LogP contribution in [0.4, 0.5) is 17.1 Å². The lowest BCUT2D eigenvalue weighted by Crippen LogP contribution is -2.10. The number of hydrogen-bond donors (Lipinski definition) is 0. The van der Waals surface area contributed by atoms with Gasteiger partial charge in [0.15, 0.2) is 5.58 Å². The van der Waals surface area contributed by atoms with Gasteiger partial charge in [-0.25, -0.2) is 4.98 Å². The summed E-state index contributed by atoms with van der Waals surface area (Å²) in [7, 11) is 0. The number of rotatable bonds is 7. The van der Waals surface area contributed by atoms with Crippen LogP contribution < -0.4 is 4.90 Å². The Kier molecular flexibility index (Phi) is 8.15. The van der Waals surface area contributed by atoms with E-state index >= 15 is 0 Å². The lowest BCUT2D eigenvalue weighted by Gasteiger charge is -2.27. The van der Waals surface area contributed by atoms with Crippen molar-refractivity contribution in [1.29, 1.82) is 0 Å². The van der Waals surface area contributed by atoms with Crippen LogP contribution in [-0.4, -0.2) is 4.98 Å². The van der Waals surface area contributed by atoms with Crippen LogP contribution in [0.1, 0.15) is 0 Å². The van der Waals surface area contributed by atoms with Crippen molar-refractivity contribution >= 4 is 60.5 Å². The number of benzene rings is 10. The molecule has 0 aliphatic heterocycles. The lowest BCUT2D eigenvalue weighted by atomic mass is 9.96. The molecular formula is C55H36N2O. The molecule has 0 amide bonds. The van der Waals surface area contributed by atoms with Gasteiger partial charge in [0, 0.05) is 28.0 Å². The van der Waals surface area contributed by atoms with E-state index in [1.54, 1.807) is 0 Å². The average Bonchev–Trinajstić information content (AvgIpc) is 3.75. The molecule has 1 aromatic heterocycles. The first kappa shape index (κ1) is 33.6. The Morgan fingerprint density at radius 2 is 0.931 bits per heavy atom. The summed E-state index contributed by atoms with van der Waals surface area (Å²) in [4.78, 5) is 7.29. The summed E-state index contributed by atoms with van der Waals surface area (Å²) in [5, 5.41) is 7.00. The van der Waals surface area contributed by atoms with Crippen LogP contribution >= 0.6 is 0 Å². The Balaban J connectivity index is 1.00. The van der Waals surface area contributed by atoms with Gasteiger partial charge < -0.3 is 9.32 Å². The molecule has 0 saturated heterocycles. The first-order valence-electron chi connectivity index (χ1n) is 19.7. The molecular weight excluding hydrogens is 705 g/mol. The molecule has 0 unspecified atom stereocenters. The van der Waals surface area contributed by atoms with Gasteiger partial charge in [0.2, 0.25) is 5.89 Å². The smallest absolute Gasteiger partial charge is 0.227 e. The number of fused-ring (bicyclic) bond motifs is 5. The topological polar surface area (TPSA) is 29.3 Å². The lowest BCUT2D eigenvalue weighted by molar-refractivity contribution is 0.623. The number of oxazole rings is 1. The zero-order chi connectivity index (χ0) is 38.4. The van der Waals surface area contributed by atoms with Crippen molar-refractivity contribution in [3.63, 3.8) is 0 Å². The van der Waals surface area contributed by atoms with E-state index in [1.165, 1.54) is 38.4 Å². The molecule has 11 aromatic rings. The number of anilines is 3. The molecule has 0 spiro atoms. The van der Waals surface area contributed by atoms with E-state index < -0.39 is 0 Å². The van der Waals surface area contributed by atoms with Crippen molar-refractivity contribution in [2.75, 3.05) is 4.90 Å². The molecule has 3 nitrogen and oxygen atoms in total. The van der Waals surface area contributed by atoms with Gasteiger partial charge in [-0.2, -0.15) is 0 Å². The van der Waals surface area contributed by atoms with Crippen LogP contribution in [0.25, 0.3) is 88.3 Å².